The van der Waals surface area contributed by atoms with Crippen molar-refractivity contribution in [2.24, 2.45) is 5.92 Å². The second-order valence-corrected chi connectivity index (χ2v) is 6.31. The van der Waals surface area contributed by atoms with Crippen molar-refractivity contribution in [2.45, 2.75) is 25.8 Å². The average molecular weight is 249 g/mol. The van der Waals surface area contributed by atoms with Crippen molar-refractivity contribution in [1.82, 2.24) is 5.32 Å². The third-order valence-corrected chi connectivity index (χ3v) is 4.41. The van der Waals surface area contributed by atoms with E-state index in [1.807, 2.05) is 0 Å². The Morgan fingerprint density at radius 1 is 1.31 bits per heavy atom. The molecule has 0 saturated carbocycles. The van der Waals surface area contributed by atoms with Crippen molar-refractivity contribution in [2.75, 3.05) is 11.5 Å². The van der Waals surface area contributed by atoms with Gasteiger partial charge >= 0.3 is 5.97 Å². The number of nitrogens with one attached hydrogen (secondary N) is 1. The van der Waals surface area contributed by atoms with Crippen molar-refractivity contribution in [3.05, 3.63) is 0 Å². The van der Waals surface area contributed by atoms with Crippen molar-refractivity contribution in [1.29, 1.82) is 0 Å². The van der Waals surface area contributed by atoms with Crippen molar-refractivity contribution < 1.29 is 23.1 Å². The third kappa shape index (κ3) is 3.48. The van der Waals surface area contributed by atoms with Crippen LogP contribution in [0.3, 0.4) is 0 Å². The van der Waals surface area contributed by atoms with Gasteiger partial charge in [0.1, 0.15) is 15.9 Å². The molecular weight excluding hydrogens is 234 g/mol. The SMILES string of the molecule is CC(=O)NC(C(=O)O)C1CCS(=O)(=O)CC1. The Kier molecular flexibility index (Phi) is 3.90. The number of hydrogen-bond donors (Lipinski definition) is 2. The van der Waals surface area contributed by atoms with Gasteiger partial charge in [-0.15, -0.1) is 0 Å². The molecule has 92 valence electrons. The fraction of sp³-hybridized carbons (Fsp3) is 0.778. The molecule has 6 nitrogen and oxygen atoms in total. The molecule has 1 rings (SSSR count). The van der Waals surface area contributed by atoms with E-state index in [-0.39, 0.29) is 17.4 Å². The van der Waals surface area contributed by atoms with Crippen LogP contribution in [-0.2, 0) is 19.4 Å². The van der Waals surface area contributed by atoms with E-state index in [2.05, 4.69) is 5.32 Å². The zero-order valence-electron chi connectivity index (χ0n) is 8.97. The molecule has 1 atom stereocenters. The maximum Gasteiger partial charge on any atom is 0.326 e. The molecule has 16 heavy (non-hydrogen) atoms. The van der Waals surface area contributed by atoms with E-state index in [0.29, 0.717) is 12.8 Å². The minimum Gasteiger partial charge on any atom is -0.480 e. The fourth-order valence-corrected chi connectivity index (χ4v) is 3.37. The maximum atomic E-state index is 11.2. The largest absolute Gasteiger partial charge is 0.480 e. The van der Waals surface area contributed by atoms with Crippen LogP contribution in [0.15, 0.2) is 0 Å². The summed E-state index contributed by atoms with van der Waals surface area (Å²) in [4.78, 5) is 21.8. The molecule has 0 radical (unpaired) electrons. The van der Waals surface area contributed by atoms with E-state index < -0.39 is 27.8 Å². The molecule has 0 spiro atoms. The van der Waals surface area contributed by atoms with Crippen LogP contribution in [0.1, 0.15) is 19.8 Å². The second-order valence-electron chi connectivity index (χ2n) is 4.01. The fourth-order valence-electron chi connectivity index (χ4n) is 1.84. The Morgan fingerprint density at radius 3 is 2.19 bits per heavy atom. The van der Waals surface area contributed by atoms with Crippen LogP contribution in [0.2, 0.25) is 0 Å². The molecule has 1 aliphatic heterocycles. The van der Waals surface area contributed by atoms with Gasteiger partial charge < -0.3 is 10.4 Å². The number of carbonyl (C=O) groups is 2. The van der Waals surface area contributed by atoms with Gasteiger partial charge in [0.15, 0.2) is 0 Å². The molecule has 1 unspecified atom stereocenters. The standard InChI is InChI=1S/C9H15NO5S/c1-6(11)10-8(9(12)13)7-2-4-16(14,15)5-3-7/h7-8H,2-5H2,1H3,(H,10,11)(H,12,13). The number of sulfone groups is 1. The number of carboxylic acid groups (broad SMARTS) is 1. The lowest BCUT2D eigenvalue weighted by Crippen LogP contribution is -2.47. The van der Waals surface area contributed by atoms with Crippen LogP contribution in [-0.4, -0.2) is 42.9 Å². The molecule has 1 amide bonds. The summed E-state index contributed by atoms with van der Waals surface area (Å²) in [6.45, 7) is 1.25. The van der Waals surface area contributed by atoms with Gasteiger partial charge in [-0.3, -0.25) is 4.79 Å². The Bertz CT molecular complexity index is 375. The summed E-state index contributed by atoms with van der Waals surface area (Å²) < 4.78 is 22.4. The lowest BCUT2D eigenvalue weighted by molar-refractivity contribution is -0.143. The van der Waals surface area contributed by atoms with E-state index in [9.17, 15) is 18.0 Å². The zero-order chi connectivity index (χ0) is 12.3. The first-order chi connectivity index (χ1) is 7.32. The highest BCUT2D eigenvalue weighted by molar-refractivity contribution is 7.91. The van der Waals surface area contributed by atoms with Gasteiger partial charge in [0.2, 0.25) is 5.91 Å². The van der Waals surface area contributed by atoms with E-state index >= 15 is 0 Å². The number of amides is 1. The summed E-state index contributed by atoms with van der Waals surface area (Å²) in [7, 11) is -3.01. The van der Waals surface area contributed by atoms with Crippen molar-refractivity contribution in [3.8, 4) is 0 Å². The van der Waals surface area contributed by atoms with Gasteiger partial charge in [0.25, 0.3) is 0 Å². The summed E-state index contributed by atoms with van der Waals surface area (Å²) in [6, 6.07) is -0.979. The molecule has 0 aliphatic carbocycles. The van der Waals surface area contributed by atoms with Crippen LogP contribution in [0.5, 0.6) is 0 Å². The highest BCUT2D eigenvalue weighted by atomic mass is 32.2. The highest BCUT2D eigenvalue weighted by Gasteiger charge is 2.33. The van der Waals surface area contributed by atoms with E-state index in [0.717, 1.165) is 0 Å². The highest BCUT2D eigenvalue weighted by Crippen LogP contribution is 2.22. The van der Waals surface area contributed by atoms with Crippen LogP contribution >= 0.6 is 0 Å². The Hall–Kier alpha value is -1.11. The average Bonchev–Trinajstić information content (AvgIpc) is 2.14. The number of carbonyl (C=O) groups excluding carboxylic acids is 1. The molecule has 0 aromatic heterocycles. The predicted octanol–water partition coefficient (Wildman–Crippen LogP) is -0.599. The smallest absolute Gasteiger partial charge is 0.326 e. The van der Waals surface area contributed by atoms with Crippen LogP contribution in [0, 0.1) is 5.92 Å². The molecule has 1 fully saturated rings. The first-order valence-electron chi connectivity index (χ1n) is 5.02. The van der Waals surface area contributed by atoms with Gasteiger partial charge in [-0.05, 0) is 18.8 Å². The van der Waals surface area contributed by atoms with Gasteiger partial charge in [-0.25, -0.2) is 13.2 Å². The second kappa shape index (κ2) is 4.82. The van der Waals surface area contributed by atoms with Crippen LogP contribution in [0.4, 0.5) is 0 Å². The number of carboxylic acids is 1. The molecular formula is C9H15NO5S. The Balaban J connectivity index is 2.67. The zero-order valence-corrected chi connectivity index (χ0v) is 9.79. The molecule has 1 aliphatic rings. The molecule has 7 heteroatoms. The quantitative estimate of drug-likeness (QED) is 0.695. The summed E-state index contributed by atoms with van der Waals surface area (Å²) in [5, 5.41) is 11.3. The van der Waals surface area contributed by atoms with Crippen molar-refractivity contribution >= 4 is 21.7 Å². The lowest BCUT2D eigenvalue weighted by atomic mass is 9.93. The lowest BCUT2D eigenvalue weighted by Gasteiger charge is -2.27. The van der Waals surface area contributed by atoms with E-state index in [1.54, 1.807) is 0 Å². The number of aliphatic carboxylic acids is 1. The number of hydrogen-bond acceptors (Lipinski definition) is 4. The van der Waals surface area contributed by atoms with Gasteiger partial charge in [0, 0.05) is 6.92 Å². The van der Waals surface area contributed by atoms with Crippen molar-refractivity contribution in [3.63, 3.8) is 0 Å². The third-order valence-electron chi connectivity index (χ3n) is 2.70. The first-order valence-corrected chi connectivity index (χ1v) is 6.84. The Morgan fingerprint density at radius 2 is 1.81 bits per heavy atom. The predicted molar refractivity (Wildman–Crippen MR) is 56.6 cm³/mol. The topological polar surface area (TPSA) is 101 Å². The van der Waals surface area contributed by atoms with Gasteiger partial charge in [-0.2, -0.15) is 0 Å². The molecule has 0 aromatic carbocycles. The van der Waals surface area contributed by atoms with E-state index in [4.69, 9.17) is 5.11 Å². The summed E-state index contributed by atoms with van der Waals surface area (Å²) in [6.07, 6.45) is 0.583. The minimum absolute atomic E-state index is 0.00102. The van der Waals surface area contributed by atoms with Crippen LogP contribution in [0.25, 0.3) is 0 Å². The van der Waals surface area contributed by atoms with Crippen LogP contribution < -0.4 is 5.32 Å². The minimum atomic E-state index is -3.01. The van der Waals surface area contributed by atoms with Gasteiger partial charge in [0.05, 0.1) is 11.5 Å². The Labute approximate surface area is 93.9 Å². The molecule has 2 N–H and O–H groups in total. The summed E-state index contributed by atoms with van der Waals surface area (Å²) in [5.74, 6) is -1.83. The number of rotatable bonds is 3. The molecule has 1 saturated heterocycles. The first kappa shape index (κ1) is 13.0. The monoisotopic (exact) mass is 249 g/mol. The molecule has 1 heterocycles. The maximum absolute atomic E-state index is 11.2. The van der Waals surface area contributed by atoms with E-state index in [1.165, 1.54) is 6.92 Å². The summed E-state index contributed by atoms with van der Waals surface area (Å²) >= 11 is 0. The molecule has 0 bridgehead atoms. The van der Waals surface area contributed by atoms with Gasteiger partial charge in [-0.1, -0.05) is 0 Å². The normalized spacial score (nSPS) is 22.3. The summed E-state index contributed by atoms with van der Waals surface area (Å²) in [5.41, 5.74) is 0. The molecule has 0 aromatic rings.